The molecule has 0 radical (unpaired) electrons. The highest BCUT2D eigenvalue weighted by Crippen LogP contribution is 2.29. The molecule has 1 heterocycles. The number of ether oxygens (including phenoxy) is 1. The van der Waals surface area contributed by atoms with E-state index in [0.29, 0.717) is 6.42 Å². The molecule has 0 aromatic heterocycles. The molecule has 2 nitrogen and oxygen atoms in total. The van der Waals surface area contributed by atoms with E-state index in [0.717, 1.165) is 10.9 Å². The average Bonchev–Trinajstić information content (AvgIpc) is 2.45. The number of hydrogen-bond acceptors (Lipinski definition) is 2. The van der Waals surface area contributed by atoms with Crippen molar-refractivity contribution in [1.29, 1.82) is 0 Å². The Morgan fingerprint density at radius 3 is 2.71 bits per heavy atom. The molecule has 0 bridgehead atoms. The summed E-state index contributed by atoms with van der Waals surface area (Å²) < 4.78 is 6.03. The molecule has 78 valence electrons. The fraction of sp³-hybridized carbons (Fsp3) is 0.636. The Labute approximate surface area is 93.1 Å². The van der Waals surface area contributed by atoms with Gasteiger partial charge in [-0.15, -0.1) is 5.73 Å². The van der Waals surface area contributed by atoms with Crippen molar-refractivity contribution in [3.05, 3.63) is 16.3 Å². The average molecular weight is 259 g/mol. The van der Waals surface area contributed by atoms with Crippen LogP contribution in [0.3, 0.4) is 0 Å². The SMILES string of the molecule is CC(C)(C)C(Br)=C=C[C@@H]1CCC(=O)O1. The van der Waals surface area contributed by atoms with Gasteiger partial charge in [-0.1, -0.05) is 20.8 Å². The summed E-state index contributed by atoms with van der Waals surface area (Å²) in [5, 5.41) is 0. The van der Waals surface area contributed by atoms with E-state index in [1.807, 2.05) is 6.08 Å². The Morgan fingerprint density at radius 1 is 1.64 bits per heavy atom. The van der Waals surface area contributed by atoms with Crippen LogP contribution in [-0.2, 0) is 9.53 Å². The largest absolute Gasteiger partial charge is 0.457 e. The van der Waals surface area contributed by atoms with Crippen LogP contribution in [0.1, 0.15) is 33.6 Å². The van der Waals surface area contributed by atoms with Gasteiger partial charge in [0.2, 0.25) is 0 Å². The second kappa shape index (κ2) is 4.33. The summed E-state index contributed by atoms with van der Waals surface area (Å²) in [7, 11) is 0. The standard InChI is InChI=1S/C11H15BrO2/c1-11(2,3)9(12)6-4-8-5-7-10(13)14-8/h4,8H,5,7H2,1-3H3/t6?,8-/m1/s1. The Balaban J connectivity index is 2.67. The van der Waals surface area contributed by atoms with Gasteiger partial charge in [-0.05, 0) is 28.4 Å². The van der Waals surface area contributed by atoms with E-state index in [1.165, 1.54) is 0 Å². The quantitative estimate of drug-likeness (QED) is 0.534. The zero-order chi connectivity index (χ0) is 10.8. The van der Waals surface area contributed by atoms with Crippen LogP contribution in [0.15, 0.2) is 16.3 Å². The van der Waals surface area contributed by atoms with Gasteiger partial charge in [0, 0.05) is 16.3 Å². The fourth-order valence-electron chi connectivity index (χ4n) is 1.05. The molecule has 0 unspecified atom stereocenters. The number of hydrogen-bond donors (Lipinski definition) is 0. The lowest BCUT2D eigenvalue weighted by Gasteiger charge is -2.15. The van der Waals surface area contributed by atoms with Gasteiger partial charge in [0.25, 0.3) is 0 Å². The van der Waals surface area contributed by atoms with Gasteiger partial charge in [-0.25, -0.2) is 0 Å². The third-order valence-electron chi connectivity index (χ3n) is 1.97. The van der Waals surface area contributed by atoms with E-state index in [9.17, 15) is 4.79 Å². The predicted molar refractivity (Wildman–Crippen MR) is 59.1 cm³/mol. The molecule has 1 saturated heterocycles. The molecule has 0 aromatic rings. The van der Waals surface area contributed by atoms with Crippen LogP contribution >= 0.6 is 15.9 Å². The van der Waals surface area contributed by atoms with E-state index in [-0.39, 0.29) is 17.5 Å². The topological polar surface area (TPSA) is 26.3 Å². The van der Waals surface area contributed by atoms with Crippen molar-refractivity contribution in [3.63, 3.8) is 0 Å². The highest BCUT2D eigenvalue weighted by atomic mass is 79.9. The normalized spacial score (nSPS) is 21.4. The van der Waals surface area contributed by atoms with Crippen LogP contribution in [0.5, 0.6) is 0 Å². The Morgan fingerprint density at radius 2 is 2.29 bits per heavy atom. The molecular formula is C11H15BrO2. The van der Waals surface area contributed by atoms with Gasteiger partial charge in [-0.2, -0.15) is 0 Å². The molecule has 1 aliphatic rings. The van der Waals surface area contributed by atoms with Crippen molar-refractivity contribution in [2.45, 2.75) is 39.7 Å². The number of carbonyl (C=O) groups is 1. The molecule has 1 atom stereocenters. The van der Waals surface area contributed by atoms with Gasteiger partial charge < -0.3 is 4.74 Å². The summed E-state index contributed by atoms with van der Waals surface area (Å²) in [6.45, 7) is 6.29. The summed E-state index contributed by atoms with van der Waals surface area (Å²) in [6, 6.07) is 0. The lowest BCUT2D eigenvalue weighted by atomic mass is 9.97. The number of cyclic esters (lactones) is 1. The minimum absolute atomic E-state index is 0.0547. The summed E-state index contributed by atoms with van der Waals surface area (Å²) in [5.74, 6) is -0.111. The molecule has 1 rings (SSSR count). The predicted octanol–water partition coefficient (Wildman–Crippen LogP) is 3.17. The van der Waals surface area contributed by atoms with Gasteiger partial charge in [0.1, 0.15) is 6.10 Å². The molecule has 0 aliphatic carbocycles. The van der Waals surface area contributed by atoms with E-state index in [4.69, 9.17) is 4.74 Å². The van der Waals surface area contributed by atoms with Gasteiger partial charge >= 0.3 is 5.97 Å². The van der Waals surface area contributed by atoms with Crippen molar-refractivity contribution in [3.8, 4) is 0 Å². The third kappa shape index (κ3) is 3.32. The summed E-state index contributed by atoms with van der Waals surface area (Å²) in [6.07, 6.45) is 3.03. The van der Waals surface area contributed by atoms with Crippen LogP contribution in [0.25, 0.3) is 0 Å². The van der Waals surface area contributed by atoms with Crippen molar-refractivity contribution >= 4 is 21.9 Å². The van der Waals surface area contributed by atoms with Crippen LogP contribution in [0.2, 0.25) is 0 Å². The molecule has 0 spiro atoms. The minimum Gasteiger partial charge on any atom is -0.457 e. The van der Waals surface area contributed by atoms with Crippen LogP contribution in [0, 0.1) is 5.41 Å². The number of rotatable bonds is 1. The lowest BCUT2D eigenvalue weighted by Crippen LogP contribution is -2.04. The Bertz CT molecular complexity index is 293. The number of carbonyl (C=O) groups excluding carboxylic acids is 1. The minimum atomic E-state index is -0.111. The van der Waals surface area contributed by atoms with E-state index >= 15 is 0 Å². The molecule has 3 heteroatoms. The molecule has 0 saturated carbocycles. The maximum atomic E-state index is 10.8. The Hall–Kier alpha value is -0.530. The molecule has 0 aromatic carbocycles. The zero-order valence-electron chi connectivity index (χ0n) is 8.76. The number of halogens is 1. The van der Waals surface area contributed by atoms with Crippen molar-refractivity contribution < 1.29 is 9.53 Å². The maximum Gasteiger partial charge on any atom is 0.306 e. The second-order valence-electron chi connectivity index (χ2n) is 4.44. The first-order valence-electron chi connectivity index (χ1n) is 4.72. The second-order valence-corrected chi connectivity index (χ2v) is 5.23. The van der Waals surface area contributed by atoms with E-state index in [1.54, 1.807) is 0 Å². The lowest BCUT2D eigenvalue weighted by molar-refractivity contribution is -0.139. The van der Waals surface area contributed by atoms with Crippen molar-refractivity contribution in [2.24, 2.45) is 5.41 Å². The molecule has 0 N–H and O–H groups in total. The smallest absolute Gasteiger partial charge is 0.306 e. The highest BCUT2D eigenvalue weighted by Gasteiger charge is 2.21. The van der Waals surface area contributed by atoms with Crippen LogP contribution < -0.4 is 0 Å². The Kier molecular flexibility index (Phi) is 3.57. The van der Waals surface area contributed by atoms with E-state index < -0.39 is 0 Å². The zero-order valence-corrected chi connectivity index (χ0v) is 10.3. The van der Waals surface area contributed by atoms with E-state index in [2.05, 4.69) is 42.4 Å². The number of esters is 1. The van der Waals surface area contributed by atoms with Crippen molar-refractivity contribution in [1.82, 2.24) is 0 Å². The molecule has 1 aliphatic heterocycles. The van der Waals surface area contributed by atoms with Crippen molar-refractivity contribution in [2.75, 3.05) is 0 Å². The fourth-order valence-corrected chi connectivity index (χ4v) is 1.18. The van der Waals surface area contributed by atoms with Gasteiger partial charge in [0.15, 0.2) is 0 Å². The molecule has 1 fully saturated rings. The van der Waals surface area contributed by atoms with Gasteiger partial charge in [-0.3, -0.25) is 4.79 Å². The molecule has 0 amide bonds. The highest BCUT2D eigenvalue weighted by molar-refractivity contribution is 9.11. The van der Waals surface area contributed by atoms with Crippen LogP contribution in [0.4, 0.5) is 0 Å². The molecular weight excluding hydrogens is 244 g/mol. The summed E-state index contributed by atoms with van der Waals surface area (Å²) in [4.78, 5) is 10.8. The maximum absolute atomic E-state index is 10.8. The monoisotopic (exact) mass is 258 g/mol. The van der Waals surface area contributed by atoms with Crippen LogP contribution in [-0.4, -0.2) is 12.1 Å². The third-order valence-corrected chi connectivity index (χ3v) is 3.39. The first-order valence-corrected chi connectivity index (χ1v) is 5.51. The van der Waals surface area contributed by atoms with Gasteiger partial charge in [0.05, 0.1) is 0 Å². The summed E-state index contributed by atoms with van der Waals surface area (Å²) >= 11 is 3.45. The first kappa shape index (κ1) is 11.5. The summed E-state index contributed by atoms with van der Waals surface area (Å²) in [5.41, 5.74) is 3.17. The first-order chi connectivity index (χ1) is 6.39. The molecule has 14 heavy (non-hydrogen) atoms.